The van der Waals surface area contributed by atoms with Crippen LogP contribution in [0.5, 0.6) is 0 Å². The zero-order chi connectivity index (χ0) is 30.8. The first kappa shape index (κ1) is 29.3. The Balaban J connectivity index is 1.09. The van der Waals surface area contributed by atoms with E-state index in [1.807, 2.05) is 91.3 Å². The summed E-state index contributed by atoms with van der Waals surface area (Å²) < 4.78 is 44.2. The Bertz CT molecular complexity index is 2040. The zero-order valence-corrected chi connectivity index (χ0v) is 25.2. The van der Waals surface area contributed by atoms with E-state index in [2.05, 4.69) is 19.3 Å². The number of imidazole rings is 1. The Labute approximate surface area is 261 Å². The van der Waals surface area contributed by atoms with E-state index in [4.69, 9.17) is 9.47 Å². The summed E-state index contributed by atoms with van der Waals surface area (Å²) in [6.07, 6.45) is 3.06. The second-order valence-electron chi connectivity index (χ2n) is 11.1. The molecule has 2 N–H and O–H groups in total. The van der Waals surface area contributed by atoms with Gasteiger partial charge in [-0.05, 0) is 41.0 Å². The number of benzene rings is 4. The summed E-state index contributed by atoms with van der Waals surface area (Å²) in [6.45, 7) is 0.706. The third-order valence-corrected chi connectivity index (χ3v) is 9.58. The fourth-order valence-electron chi connectivity index (χ4n) is 5.75. The standard InChI is InChI=1S/C35H32N4O5S/c40-22-25-12-14-26(15-13-25)32-19-29(21-39-23-37-30-7-1-2-8-31(30)39)43-35(44-32)28-16-10-24(11-17-28)20-38-45(41,42)33-9-3-5-27-6-4-18-36-34(27)33/h1-18,23,29,32,35,38,40H,19-22H2. The van der Waals surface area contributed by atoms with E-state index in [1.54, 1.807) is 24.4 Å². The van der Waals surface area contributed by atoms with Gasteiger partial charge < -0.3 is 19.1 Å². The van der Waals surface area contributed by atoms with Gasteiger partial charge in [0.1, 0.15) is 4.90 Å². The maximum Gasteiger partial charge on any atom is 0.243 e. The Morgan fingerprint density at radius 2 is 1.58 bits per heavy atom. The fourth-order valence-corrected chi connectivity index (χ4v) is 6.94. The van der Waals surface area contributed by atoms with Gasteiger partial charge in [-0.2, -0.15) is 0 Å². The van der Waals surface area contributed by atoms with Crippen LogP contribution < -0.4 is 4.72 Å². The van der Waals surface area contributed by atoms with E-state index in [0.29, 0.717) is 18.5 Å². The Morgan fingerprint density at radius 1 is 0.822 bits per heavy atom. The third-order valence-electron chi connectivity index (χ3n) is 8.15. The van der Waals surface area contributed by atoms with Crippen molar-refractivity contribution < 1.29 is 23.0 Å². The molecule has 1 aliphatic heterocycles. The van der Waals surface area contributed by atoms with Gasteiger partial charge in [0.2, 0.25) is 10.0 Å². The van der Waals surface area contributed by atoms with Crippen LogP contribution in [-0.2, 0) is 39.2 Å². The first-order chi connectivity index (χ1) is 22.0. The highest BCUT2D eigenvalue weighted by Crippen LogP contribution is 2.38. The molecule has 10 heteroatoms. The largest absolute Gasteiger partial charge is 0.392 e. The number of nitrogens with zero attached hydrogens (tertiary/aromatic N) is 3. The van der Waals surface area contributed by atoms with Crippen molar-refractivity contribution in [3.8, 4) is 0 Å². The summed E-state index contributed by atoms with van der Waals surface area (Å²) in [5, 5.41) is 10.3. The van der Waals surface area contributed by atoms with Crippen LogP contribution in [0.4, 0.5) is 0 Å². The molecule has 4 aromatic carbocycles. The SMILES string of the molecule is O=S(=O)(NCc1ccc(C2OC(Cn3cnc4ccccc43)CC(c3ccc(CO)cc3)O2)cc1)c1cccc2cccnc12. The van der Waals surface area contributed by atoms with Gasteiger partial charge in [-0.1, -0.05) is 78.9 Å². The molecule has 0 aliphatic carbocycles. The minimum atomic E-state index is -3.79. The lowest BCUT2D eigenvalue weighted by molar-refractivity contribution is -0.252. The first-order valence-electron chi connectivity index (χ1n) is 14.8. The second-order valence-corrected chi connectivity index (χ2v) is 12.9. The van der Waals surface area contributed by atoms with Crippen LogP contribution in [0.2, 0.25) is 0 Å². The lowest BCUT2D eigenvalue weighted by atomic mass is 10.00. The first-order valence-corrected chi connectivity index (χ1v) is 16.3. The molecule has 1 aliphatic rings. The molecular weight excluding hydrogens is 588 g/mol. The normalized spacial score (nSPS) is 18.8. The van der Waals surface area contributed by atoms with Gasteiger partial charge in [-0.15, -0.1) is 0 Å². The Kier molecular flexibility index (Phi) is 8.14. The van der Waals surface area contributed by atoms with Crippen molar-refractivity contribution in [1.82, 2.24) is 19.3 Å². The molecule has 0 spiro atoms. The van der Waals surface area contributed by atoms with Crippen molar-refractivity contribution >= 4 is 32.0 Å². The molecule has 3 unspecified atom stereocenters. The minimum absolute atomic E-state index is 0.0186. The van der Waals surface area contributed by atoms with E-state index in [-0.39, 0.29) is 30.3 Å². The third kappa shape index (κ3) is 6.24. The number of fused-ring (bicyclic) bond motifs is 2. The van der Waals surface area contributed by atoms with Crippen molar-refractivity contribution in [1.29, 1.82) is 0 Å². The summed E-state index contributed by atoms with van der Waals surface area (Å²) in [5.74, 6) is 0. The molecule has 3 atom stereocenters. The maximum absolute atomic E-state index is 13.2. The maximum atomic E-state index is 13.2. The highest BCUT2D eigenvalue weighted by Gasteiger charge is 2.32. The van der Waals surface area contributed by atoms with Crippen molar-refractivity contribution in [2.75, 3.05) is 0 Å². The molecule has 0 bridgehead atoms. The number of para-hydroxylation sites is 3. The summed E-state index contributed by atoms with van der Waals surface area (Å²) in [4.78, 5) is 8.97. The highest BCUT2D eigenvalue weighted by atomic mass is 32.2. The molecule has 228 valence electrons. The number of hydrogen-bond acceptors (Lipinski definition) is 7. The smallest absolute Gasteiger partial charge is 0.243 e. The van der Waals surface area contributed by atoms with E-state index in [0.717, 1.165) is 38.7 Å². The summed E-state index contributed by atoms with van der Waals surface area (Å²) in [5.41, 5.74) is 5.88. The summed E-state index contributed by atoms with van der Waals surface area (Å²) >= 11 is 0. The molecule has 9 nitrogen and oxygen atoms in total. The topological polar surface area (TPSA) is 116 Å². The monoisotopic (exact) mass is 620 g/mol. The molecule has 1 saturated heterocycles. The number of nitrogens with one attached hydrogen (secondary N) is 1. The molecule has 1 fully saturated rings. The molecule has 7 rings (SSSR count). The Morgan fingerprint density at radius 3 is 2.40 bits per heavy atom. The van der Waals surface area contributed by atoms with Crippen LogP contribution >= 0.6 is 0 Å². The molecule has 2 aromatic heterocycles. The minimum Gasteiger partial charge on any atom is -0.392 e. The van der Waals surface area contributed by atoms with Crippen LogP contribution in [0.25, 0.3) is 21.9 Å². The predicted molar refractivity (Wildman–Crippen MR) is 170 cm³/mol. The molecule has 0 radical (unpaired) electrons. The van der Waals surface area contributed by atoms with Gasteiger partial charge in [-0.25, -0.2) is 18.1 Å². The van der Waals surface area contributed by atoms with Crippen molar-refractivity contribution in [3.63, 3.8) is 0 Å². The quantitative estimate of drug-likeness (QED) is 0.210. The predicted octanol–water partition coefficient (Wildman–Crippen LogP) is 5.80. The number of aliphatic hydroxyl groups is 1. The number of aliphatic hydroxyl groups excluding tert-OH is 1. The zero-order valence-electron chi connectivity index (χ0n) is 24.4. The molecule has 45 heavy (non-hydrogen) atoms. The number of hydrogen-bond donors (Lipinski definition) is 2. The summed E-state index contributed by atoms with van der Waals surface area (Å²) in [7, 11) is -3.79. The van der Waals surface area contributed by atoms with Crippen LogP contribution in [0.1, 0.15) is 41.1 Å². The van der Waals surface area contributed by atoms with E-state index >= 15 is 0 Å². The fraction of sp³-hybridized carbons (Fsp3) is 0.200. The molecule has 0 amide bonds. The van der Waals surface area contributed by atoms with Gasteiger partial charge in [-0.3, -0.25) is 4.98 Å². The van der Waals surface area contributed by atoms with E-state index in [1.165, 1.54) is 0 Å². The number of rotatable bonds is 9. The molecule has 6 aromatic rings. The van der Waals surface area contributed by atoms with Crippen LogP contribution in [0.3, 0.4) is 0 Å². The number of sulfonamides is 1. The highest BCUT2D eigenvalue weighted by molar-refractivity contribution is 7.89. The molecule has 0 saturated carbocycles. The number of pyridine rings is 1. The molecular formula is C35H32N4O5S. The average molecular weight is 621 g/mol. The van der Waals surface area contributed by atoms with Crippen LogP contribution in [-0.4, -0.2) is 34.2 Å². The van der Waals surface area contributed by atoms with Gasteiger partial charge in [0.25, 0.3) is 0 Å². The average Bonchev–Trinajstić information content (AvgIpc) is 3.49. The van der Waals surface area contributed by atoms with Crippen molar-refractivity contribution in [2.24, 2.45) is 0 Å². The number of ether oxygens (including phenoxy) is 2. The van der Waals surface area contributed by atoms with E-state index in [9.17, 15) is 13.5 Å². The molecule has 3 heterocycles. The van der Waals surface area contributed by atoms with Crippen LogP contribution in [0.15, 0.2) is 121 Å². The Hall–Kier alpha value is -4.45. The van der Waals surface area contributed by atoms with Gasteiger partial charge >= 0.3 is 0 Å². The van der Waals surface area contributed by atoms with Gasteiger partial charge in [0.05, 0.1) is 48.2 Å². The second kappa shape index (κ2) is 12.5. The van der Waals surface area contributed by atoms with Crippen molar-refractivity contribution in [3.05, 3.63) is 138 Å². The van der Waals surface area contributed by atoms with Crippen molar-refractivity contribution in [2.45, 2.75) is 49.5 Å². The lowest BCUT2D eigenvalue weighted by Gasteiger charge is -2.36. The van der Waals surface area contributed by atoms with E-state index < -0.39 is 16.3 Å². The number of aromatic nitrogens is 3. The lowest BCUT2D eigenvalue weighted by Crippen LogP contribution is -2.32. The van der Waals surface area contributed by atoms with Crippen LogP contribution in [0, 0.1) is 0 Å². The summed E-state index contributed by atoms with van der Waals surface area (Å²) in [6, 6.07) is 32.1. The van der Waals surface area contributed by atoms with Gasteiger partial charge in [0, 0.05) is 30.1 Å². The van der Waals surface area contributed by atoms with Gasteiger partial charge in [0.15, 0.2) is 6.29 Å².